The molecule has 4 rings (SSSR count). The maximum absolute atomic E-state index is 12.9. The molecule has 0 saturated carbocycles. The van der Waals surface area contributed by atoms with Crippen LogP contribution in [0, 0.1) is 13.8 Å². The number of rotatable bonds is 3. The highest BCUT2D eigenvalue weighted by atomic mass is 16.5. The van der Waals surface area contributed by atoms with Gasteiger partial charge in [-0.1, -0.05) is 5.16 Å². The molecule has 0 unspecified atom stereocenters. The minimum Gasteiger partial charge on any atom is -0.361 e. The molecule has 1 amide bonds. The van der Waals surface area contributed by atoms with Gasteiger partial charge in [0.15, 0.2) is 0 Å². The molecule has 0 spiro atoms. The molecule has 1 aliphatic carbocycles. The number of hydrogen-bond acceptors (Lipinski definition) is 3. The van der Waals surface area contributed by atoms with Crippen LogP contribution in [0.15, 0.2) is 22.7 Å². The third kappa shape index (κ3) is 2.73. The van der Waals surface area contributed by atoms with Crippen molar-refractivity contribution in [1.29, 1.82) is 0 Å². The second-order valence-corrected chi connectivity index (χ2v) is 7.01. The van der Waals surface area contributed by atoms with E-state index in [0.717, 1.165) is 40.9 Å². The van der Waals surface area contributed by atoms with Gasteiger partial charge in [0.25, 0.3) is 5.91 Å². The summed E-state index contributed by atoms with van der Waals surface area (Å²) in [7, 11) is 1.82. The third-order valence-electron chi connectivity index (χ3n) is 5.27. The Labute approximate surface area is 147 Å². The fourth-order valence-electron chi connectivity index (χ4n) is 3.80. The van der Waals surface area contributed by atoms with Crippen molar-refractivity contribution in [3.8, 4) is 0 Å². The molecule has 0 saturated heterocycles. The molecule has 2 heterocycles. The standard InChI is InChI=1S/C20H23N3O2/c1-12-17(13(2)25-22-12)11-23(3)20(24)14-8-9-19-16(10-14)15-6-4-5-7-18(15)21-19/h8-10,21H,4-7,11H2,1-3H3. The van der Waals surface area contributed by atoms with Crippen molar-refractivity contribution >= 4 is 16.8 Å². The van der Waals surface area contributed by atoms with Gasteiger partial charge < -0.3 is 14.4 Å². The predicted octanol–water partition coefficient (Wildman–Crippen LogP) is 3.92. The zero-order valence-electron chi connectivity index (χ0n) is 15.0. The van der Waals surface area contributed by atoms with Crippen molar-refractivity contribution in [1.82, 2.24) is 15.0 Å². The number of aryl methyl sites for hydroxylation is 4. The average Bonchev–Trinajstić information content (AvgIpc) is 3.15. The number of carbonyl (C=O) groups excluding carboxylic acids is 1. The molecule has 3 aromatic rings. The van der Waals surface area contributed by atoms with E-state index in [2.05, 4.69) is 10.1 Å². The van der Waals surface area contributed by atoms with Crippen molar-refractivity contribution in [3.05, 3.63) is 52.0 Å². The number of H-pyrrole nitrogens is 1. The largest absolute Gasteiger partial charge is 0.361 e. The fourth-order valence-corrected chi connectivity index (χ4v) is 3.80. The third-order valence-corrected chi connectivity index (χ3v) is 5.27. The Balaban J connectivity index is 1.63. The summed E-state index contributed by atoms with van der Waals surface area (Å²) in [6, 6.07) is 5.99. The zero-order valence-corrected chi connectivity index (χ0v) is 15.0. The molecule has 0 radical (unpaired) electrons. The summed E-state index contributed by atoms with van der Waals surface area (Å²) >= 11 is 0. The molecule has 130 valence electrons. The highest BCUT2D eigenvalue weighted by Crippen LogP contribution is 2.30. The van der Waals surface area contributed by atoms with Crippen molar-refractivity contribution in [2.24, 2.45) is 0 Å². The first-order valence-electron chi connectivity index (χ1n) is 8.85. The minimum atomic E-state index is 0.0210. The van der Waals surface area contributed by atoms with Gasteiger partial charge in [0.1, 0.15) is 5.76 Å². The van der Waals surface area contributed by atoms with Crippen LogP contribution < -0.4 is 0 Å². The Morgan fingerprint density at radius 2 is 2.08 bits per heavy atom. The molecular weight excluding hydrogens is 314 g/mol. The fraction of sp³-hybridized carbons (Fsp3) is 0.400. The lowest BCUT2D eigenvalue weighted by Crippen LogP contribution is -2.26. The van der Waals surface area contributed by atoms with Gasteiger partial charge in [0.05, 0.1) is 12.2 Å². The van der Waals surface area contributed by atoms with Gasteiger partial charge in [-0.25, -0.2) is 0 Å². The van der Waals surface area contributed by atoms with Gasteiger partial charge in [-0.3, -0.25) is 4.79 Å². The lowest BCUT2D eigenvalue weighted by Gasteiger charge is -2.17. The van der Waals surface area contributed by atoms with Crippen LogP contribution in [0.5, 0.6) is 0 Å². The Morgan fingerprint density at radius 1 is 1.28 bits per heavy atom. The number of aromatic nitrogens is 2. The van der Waals surface area contributed by atoms with E-state index < -0.39 is 0 Å². The highest BCUT2D eigenvalue weighted by molar-refractivity contribution is 5.99. The topological polar surface area (TPSA) is 62.1 Å². The van der Waals surface area contributed by atoms with Crippen LogP contribution in [-0.4, -0.2) is 28.0 Å². The van der Waals surface area contributed by atoms with Crippen LogP contribution in [0.2, 0.25) is 0 Å². The van der Waals surface area contributed by atoms with Crippen LogP contribution in [0.1, 0.15) is 51.5 Å². The van der Waals surface area contributed by atoms with Crippen molar-refractivity contribution in [3.63, 3.8) is 0 Å². The Kier molecular flexibility index (Phi) is 3.86. The number of carbonyl (C=O) groups is 1. The van der Waals surface area contributed by atoms with Crippen LogP contribution in [0.3, 0.4) is 0 Å². The lowest BCUT2D eigenvalue weighted by molar-refractivity contribution is 0.0784. The van der Waals surface area contributed by atoms with E-state index in [1.54, 1.807) is 4.90 Å². The maximum Gasteiger partial charge on any atom is 0.253 e. The number of amides is 1. The number of benzene rings is 1. The van der Waals surface area contributed by atoms with E-state index in [-0.39, 0.29) is 5.91 Å². The monoisotopic (exact) mass is 337 g/mol. The lowest BCUT2D eigenvalue weighted by atomic mass is 9.95. The SMILES string of the molecule is Cc1noc(C)c1CN(C)C(=O)c1ccc2[nH]c3c(c2c1)CCCC3. The summed E-state index contributed by atoms with van der Waals surface area (Å²) < 4.78 is 5.20. The molecule has 0 aliphatic heterocycles. The molecule has 0 atom stereocenters. The first kappa shape index (κ1) is 15.9. The second kappa shape index (κ2) is 6.06. The van der Waals surface area contributed by atoms with E-state index in [1.165, 1.54) is 29.5 Å². The number of fused-ring (bicyclic) bond motifs is 3. The van der Waals surface area contributed by atoms with Crippen LogP contribution >= 0.6 is 0 Å². The van der Waals surface area contributed by atoms with E-state index in [1.807, 2.05) is 39.1 Å². The van der Waals surface area contributed by atoms with Crippen molar-refractivity contribution in [2.45, 2.75) is 46.1 Å². The first-order valence-corrected chi connectivity index (χ1v) is 8.85. The second-order valence-electron chi connectivity index (χ2n) is 7.01. The summed E-state index contributed by atoms with van der Waals surface area (Å²) in [5, 5.41) is 5.17. The number of nitrogens with one attached hydrogen (secondary N) is 1. The molecule has 0 bridgehead atoms. The number of aromatic amines is 1. The molecule has 5 heteroatoms. The van der Waals surface area contributed by atoms with E-state index in [4.69, 9.17) is 4.52 Å². The molecular formula is C20H23N3O2. The van der Waals surface area contributed by atoms with Crippen LogP contribution in [0.4, 0.5) is 0 Å². The molecule has 0 fully saturated rings. The zero-order chi connectivity index (χ0) is 17.6. The molecule has 1 aromatic carbocycles. The van der Waals surface area contributed by atoms with E-state index in [0.29, 0.717) is 6.54 Å². The Hall–Kier alpha value is -2.56. The van der Waals surface area contributed by atoms with Gasteiger partial charge in [-0.05, 0) is 63.3 Å². The number of nitrogens with zero attached hydrogens (tertiary/aromatic N) is 2. The highest BCUT2D eigenvalue weighted by Gasteiger charge is 2.20. The van der Waals surface area contributed by atoms with Gasteiger partial charge in [-0.15, -0.1) is 0 Å². The molecule has 2 aromatic heterocycles. The smallest absolute Gasteiger partial charge is 0.253 e. The quantitative estimate of drug-likeness (QED) is 0.788. The average molecular weight is 337 g/mol. The van der Waals surface area contributed by atoms with Crippen LogP contribution in [-0.2, 0) is 19.4 Å². The maximum atomic E-state index is 12.9. The van der Waals surface area contributed by atoms with E-state index in [9.17, 15) is 4.79 Å². The summed E-state index contributed by atoms with van der Waals surface area (Å²) in [6.07, 6.45) is 4.68. The van der Waals surface area contributed by atoms with E-state index >= 15 is 0 Å². The molecule has 5 nitrogen and oxygen atoms in total. The van der Waals surface area contributed by atoms with Gasteiger partial charge >= 0.3 is 0 Å². The Morgan fingerprint density at radius 3 is 2.84 bits per heavy atom. The first-order chi connectivity index (χ1) is 12.0. The van der Waals surface area contributed by atoms with Gasteiger partial charge in [0.2, 0.25) is 0 Å². The predicted molar refractivity (Wildman–Crippen MR) is 96.7 cm³/mol. The molecule has 1 aliphatic rings. The minimum absolute atomic E-state index is 0.0210. The van der Waals surface area contributed by atoms with Crippen molar-refractivity contribution < 1.29 is 9.32 Å². The summed E-state index contributed by atoms with van der Waals surface area (Å²) in [5.74, 6) is 0.792. The molecule has 1 N–H and O–H groups in total. The van der Waals surface area contributed by atoms with Gasteiger partial charge in [0, 0.05) is 34.8 Å². The summed E-state index contributed by atoms with van der Waals surface area (Å²) in [6.45, 7) is 4.29. The number of hydrogen-bond donors (Lipinski definition) is 1. The van der Waals surface area contributed by atoms with Crippen molar-refractivity contribution in [2.75, 3.05) is 7.05 Å². The van der Waals surface area contributed by atoms with Crippen LogP contribution in [0.25, 0.3) is 10.9 Å². The summed E-state index contributed by atoms with van der Waals surface area (Å²) in [5.41, 5.74) is 6.42. The Bertz CT molecular complexity index is 932. The normalized spacial score (nSPS) is 13.9. The molecule has 25 heavy (non-hydrogen) atoms. The van der Waals surface area contributed by atoms with Gasteiger partial charge in [-0.2, -0.15) is 0 Å². The summed E-state index contributed by atoms with van der Waals surface area (Å²) in [4.78, 5) is 18.1.